The lowest BCUT2D eigenvalue weighted by Gasteiger charge is -2.10. The van der Waals surface area contributed by atoms with Gasteiger partial charge in [0, 0.05) is 11.6 Å². The number of para-hydroxylation sites is 2. The minimum atomic E-state index is -4.59. The fourth-order valence-electron chi connectivity index (χ4n) is 2.62. The summed E-state index contributed by atoms with van der Waals surface area (Å²) in [6.45, 7) is 0. The summed E-state index contributed by atoms with van der Waals surface area (Å²) in [4.78, 5) is 11.7. The van der Waals surface area contributed by atoms with E-state index in [1.165, 1.54) is 19.2 Å². The van der Waals surface area contributed by atoms with Crippen molar-refractivity contribution in [2.45, 2.75) is 4.90 Å². The standard InChI is InChI=1S/C14H12O6S.C6H5N3/c1-20-12-8-11(15)10(7-13(12)21(17,18)19)14(16)9-5-3-2-4-6-9;1-2-4-6-5(3-1)7-9-8-6/h2-8,15H,1H3,(H,17,18,19);1-4H,(H,7,8,9). The number of nitrogens with one attached hydrogen (secondary N) is 1. The topological polar surface area (TPSA) is 142 Å². The van der Waals surface area contributed by atoms with Crippen molar-refractivity contribution >= 4 is 26.9 Å². The molecule has 3 N–H and O–H groups in total. The molecule has 0 fully saturated rings. The first-order valence-electron chi connectivity index (χ1n) is 8.55. The molecule has 0 aliphatic carbocycles. The molecule has 10 heteroatoms. The molecule has 30 heavy (non-hydrogen) atoms. The van der Waals surface area contributed by atoms with Crippen LogP contribution in [-0.4, -0.2) is 46.4 Å². The maximum absolute atomic E-state index is 12.3. The maximum atomic E-state index is 12.3. The minimum Gasteiger partial charge on any atom is -0.507 e. The summed E-state index contributed by atoms with van der Waals surface area (Å²) >= 11 is 0. The van der Waals surface area contributed by atoms with Gasteiger partial charge in [0.25, 0.3) is 10.1 Å². The number of phenolic OH excluding ortho intramolecular Hbond substituents is 1. The lowest BCUT2D eigenvalue weighted by atomic mass is 10.0. The molecular weight excluding hydrogens is 410 g/mol. The summed E-state index contributed by atoms with van der Waals surface area (Å²) in [5.74, 6) is -1.26. The van der Waals surface area contributed by atoms with Crippen LogP contribution in [0.2, 0.25) is 0 Å². The van der Waals surface area contributed by atoms with Crippen LogP contribution in [-0.2, 0) is 10.1 Å². The molecule has 0 spiro atoms. The molecule has 1 heterocycles. The molecule has 1 aromatic heterocycles. The van der Waals surface area contributed by atoms with Gasteiger partial charge in [0.1, 0.15) is 27.4 Å². The average molecular weight is 427 g/mol. The third-order valence-corrected chi connectivity index (χ3v) is 4.94. The Balaban J connectivity index is 0.000000234. The van der Waals surface area contributed by atoms with Crippen LogP contribution in [0, 0.1) is 0 Å². The number of benzene rings is 3. The second-order valence-electron chi connectivity index (χ2n) is 6.00. The Morgan fingerprint density at radius 2 is 1.53 bits per heavy atom. The molecule has 0 atom stereocenters. The van der Waals surface area contributed by atoms with Crippen LogP contribution in [0.15, 0.2) is 71.6 Å². The molecule has 154 valence electrons. The van der Waals surface area contributed by atoms with E-state index in [4.69, 9.17) is 9.29 Å². The molecule has 9 nitrogen and oxygen atoms in total. The highest BCUT2D eigenvalue weighted by Gasteiger charge is 2.23. The number of aromatic hydroxyl groups is 1. The predicted molar refractivity (Wildman–Crippen MR) is 108 cm³/mol. The third-order valence-electron chi connectivity index (χ3n) is 4.06. The van der Waals surface area contributed by atoms with Crippen molar-refractivity contribution < 1.29 is 27.6 Å². The summed E-state index contributed by atoms with van der Waals surface area (Å²) in [7, 11) is -3.41. The van der Waals surface area contributed by atoms with Gasteiger partial charge in [0.15, 0.2) is 5.78 Å². The average Bonchev–Trinajstić information content (AvgIpc) is 3.22. The van der Waals surface area contributed by atoms with Gasteiger partial charge in [-0.25, -0.2) is 0 Å². The van der Waals surface area contributed by atoms with E-state index in [2.05, 4.69) is 15.4 Å². The maximum Gasteiger partial charge on any atom is 0.298 e. The number of H-pyrrole nitrogens is 1. The zero-order chi connectivity index (χ0) is 21.7. The SMILES string of the molecule is COc1cc(O)c(C(=O)c2ccccc2)cc1S(=O)(=O)O.c1ccc2n[nH]nc2c1. The number of ether oxygens (including phenoxy) is 1. The number of rotatable bonds is 4. The van der Waals surface area contributed by atoms with E-state index in [1.54, 1.807) is 18.2 Å². The Hall–Kier alpha value is -3.76. The quantitative estimate of drug-likeness (QED) is 0.333. The van der Waals surface area contributed by atoms with Crippen LogP contribution in [0.1, 0.15) is 15.9 Å². The fourth-order valence-corrected chi connectivity index (χ4v) is 3.29. The van der Waals surface area contributed by atoms with Gasteiger partial charge < -0.3 is 9.84 Å². The second kappa shape index (κ2) is 8.72. The summed E-state index contributed by atoms with van der Waals surface area (Å²) in [6.07, 6.45) is 0. The number of hydrogen-bond donors (Lipinski definition) is 3. The van der Waals surface area contributed by atoms with E-state index in [0.29, 0.717) is 0 Å². The molecule has 3 aromatic carbocycles. The lowest BCUT2D eigenvalue weighted by molar-refractivity contribution is 0.103. The lowest BCUT2D eigenvalue weighted by Crippen LogP contribution is -2.07. The van der Waals surface area contributed by atoms with Crippen LogP contribution >= 0.6 is 0 Å². The van der Waals surface area contributed by atoms with Gasteiger partial charge in [-0.1, -0.05) is 42.5 Å². The Morgan fingerprint density at radius 3 is 2.07 bits per heavy atom. The third kappa shape index (κ3) is 4.62. The first-order valence-corrected chi connectivity index (χ1v) is 9.99. The van der Waals surface area contributed by atoms with Crippen LogP contribution < -0.4 is 4.74 Å². The molecule has 0 amide bonds. The largest absolute Gasteiger partial charge is 0.507 e. The van der Waals surface area contributed by atoms with E-state index in [9.17, 15) is 18.3 Å². The fraction of sp³-hybridized carbons (Fsp3) is 0.0500. The van der Waals surface area contributed by atoms with Gasteiger partial charge in [-0.15, -0.1) is 0 Å². The first-order chi connectivity index (χ1) is 14.3. The number of methoxy groups -OCH3 is 1. The van der Waals surface area contributed by atoms with Crippen molar-refractivity contribution in [1.82, 2.24) is 15.4 Å². The molecule has 4 rings (SSSR count). The second-order valence-corrected chi connectivity index (χ2v) is 7.39. The number of aromatic amines is 1. The highest BCUT2D eigenvalue weighted by atomic mass is 32.2. The number of aromatic nitrogens is 3. The number of carbonyl (C=O) groups is 1. The minimum absolute atomic E-state index is 0.241. The van der Waals surface area contributed by atoms with Crippen molar-refractivity contribution in [2.24, 2.45) is 0 Å². The molecule has 4 aromatic rings. The molecule has 0 unspecified atom stereocenters. The zero-order valence-electron chi connectivity index (χ0n) is 15.7. The smallest absolute Gasteiger partial charge is 0.298 e. The van der Waals surface area contributed by atoms with Crippen molar-refractivity contribution in [3.05, 3.63) is 77.9 Å². The van der Waals surface area contributed by atoms with Gasteiger partial charge in [-0.3, -0.25) is 9.35 Å². The molecule has 0 bridgehead atoms. The molecule has 0 saturated heterocycles. The van der Waals surface area contributed by atoms with Gasteiger partial charge in [0.05, 0.1) is 12.7 Å². The Labute approximate surface area is 171 Å². The van der Waals surface area contributed by atoms with Crippen LogP contribution in [0.3, 0.4) is 0 Å². The molecule has 0 aliphatic rings. The Kier molecular flexibility index (Phi) is 6.09. The summed E-state index contributed by atoms with van der Waals surface area (Å²) in [5.41, 5.74) is 1.86. The number of phenols is 1. The van der Waals surface area contributed by atoms with Crippen LogP contribution in [0.25, 0.3) is 11.0 Å². The van der Waals surface area contributed by atoms with E-state index in [1.807, 2.05) is 24.3 Å². The molecule has 0 saturated carbocycles. The van der Waals surface area contributed by atoms with Gasteiger partial charge in [-0.05, 0) is 18.2 Å². The number of ketones is 1. The monoisotopic (exact) mass is 427 g/mol. The van der Waals surface area contributed by atoms with Crippen LogP contribution in [0.5, 0.6) is 11.5 Å². The number of hydrogen-bond acceptors (Lipinski definition) is 7. The Morgan fingerprint density at radius 1 is 0.967 bits per heavy atom. The van der Waals surface area contributed by atoms with Crippen molar-refractivity contribution in [2.75, 3.05) is 7.11 Å². The van der Waals surface area contributed by atoms with E-state index < -0.39 is 26.5 Å². The predicted octanol–water partition coefficient (Wildman–Crippen LogP) is 2.84. The number of nitrogens with zero attached hydrogens (tertiary/aromatic N) is 2. The van der Waals surface area contributed by atoms with Gasteiger partial charge in [-0.2, -0.15) is 23.8 Å². The highest BCUT2D eigenvalue weighted by Crippen LogP contribution is 2.32. The first kappa shape index (κ1) is 21.0. The summed E-state index contributed by atoms with van der Waals surface area (Å²) < 4.78 is 36.6. The highest BCUT2D eigenvalue weighted by molar-refractivity contribution is 7.86. The normalized spacial score (nSPS) is 10.9. The van der Waals surface area contributed by atoms with Crippen molar-refractivity contribution in [3.63, 3.8) is 0 Å². The zero-order valence-corrected chi connectivity index (χ0v) is 16.5. The Bertz CT molecular complexity index is 1260. The van der Waals surface area contributed by atoms with E-state index in [0.717, 1.165) is 23.2 Å². The summed E-state index contributed by atoms with van der Waals surface area (Å²) in [5, 5.41) is 20.2. The number of carbonyl (C=O) groups excluding carboxylic acids is 1. The van der Waals surface area contributed by atoms with E-state index >= 15 is 0 Å². The van der Waals surface area contributed by atoms with Crippen LogP contribution in [0.4, 0.5) is 0 Å². The number of fused-ring (bicyclic) bond motifs is 1. The van der Waals surface area contributed by atoms with E-state index in [-0.39, 0.29) is 16.9 Å². The molecule has 0 radical (unpaired) electrons. The molecule has 0 aliphatic heterocycles. The van der Waals surface area contributed by atoms with Gasteiger partial charge >= 0.3 is 0 Å². The summed E-state index contributed by atoms with van der Waals surface area (Å²) in [6, 6.07) is 17.6. The van der Waals surface area contributed by atoms with Crippen molar-refractivity contribution in [1.29, 1.82) is 0 Å². The van der Waals surface area contributed by atoms with Gasteiger partial charge in [0.2, 0.25) is 0 Å². The van der Waals surface area contributed by atoms with Crippen molar-refractivity contribution in [3.8, 4) is 11.5 Å². The molecular formula is C20H17N3O6S.